The van der Waals surface area contributed by atoms with Crippen LogP contribution in [0.15, 0.2) is 182 Å². The summed E-state index contributed by atoms with van der Waals surface area (Å²) in [5.74, 6) is 0. The molecule has 0 nitrogen and oxygen atoms in total. The molecule has 0 aliphatic heterocycles. The van der Waals surface area contributed by atoms with Crippen molar-refractivity contribution in [2.75, 3.05) is 0 Å². The quantitative estimate of drug-likeness (QED) is 0.168. The Hall–Kier alpha value is -6.02. The third kappa shape index (κ3) is 4.58. The Bertz CT molecular complexity index is 2870. The molecule has 10 rings (SSSR count). The highest BCUT2D eigenvalue weighted by Gasteiger charge is 2.18. The second-order valence-electron chi connectivity index (χ2n) is 12.8. The highest BCUT2D eigenvalue weighted by Crippen LogP contribution is 2.46. The molecule has 9 aromatic carbocycles. The maximum Gasteiger partial charge on any atom is 0.0433 e. The van der Waals surface area contributed by atoms with E-state index in [2.05, 4.69) is 182 Å². The summed E-state index contributed by atoms with van der Waals surface area (Å²) in [5.41, 5.74) is 10.0. The average Bonchev–Trinajstić information content (AvgIpc) is 3.56. The summed E-state index contributed by atoms with van der Waals surface area (Å²) in [4.78, 5) is 0. The number of thiophene rings is 1. The minimum Gasteiger partial charge on any atom is -0.135 e. The van der Waals surface area contributed by atoms with Gasteiger partial charge < -0.3 is 0 Å². The Morgan fingerprint density at radius 2 is 0.878 bits per heavy atom. The molecule has 0 N–H and O–H groups in total. The van der Waals surface area contributed by atoms with Gasteiger partial charge >= 0.3 is 0 Å². The molecule has 0 saturated carbocycles. The second kappa shape index (κ2) is 11.3. The Balaban J connectivity index is 1.22. The molecule has 0 radical (unpaired) electrons. The molecule has 0 atom stereocenters. The van der Waals surface area contributed by atoms with E-state index in [0.717, 1.165) is 0 Å². The Labute approximate surface area is 289 Å². The van der Waals surface area contributed by atoms with Gasteiger partial charge in [0.15, 0.2) is 0 Å². The SMILES string of the molecule is c1ccc(-c2c3ccccc3c(-c3ccc4ccccc4c3)c3ccc(-c4cccc(-c5cccc6c5sc5ccccc56)c4)cc23)cc1. The van der Waals surface area contributed by atoms with Gasteiger partial charge in [-0.25, -0.2) is 0 Å². The van der Waals surface area contributed by atoms with E-state index < -0.39 is 0 Å². The van der Waals surface area contributed by atoms with Crippen molar-refractivity contribution < 1.29 is 0 Å². The van der Waals surface area contributed by atoms with Crippen LogP contribution in [0.4, 0.5) is 0 Å². The molecule has 1 heteroatoms. The van der Waals surface area contributed by atoms with Crippen LogP contribution in [0.3, 0.4) is 0 Å². The largest absolute Gasteiger partial charge is 0.135 e. The summed E-state index contributed by atoms with van der Waals surface area (Å²) in [6.07, 6.45) is 0. The van der Waals surface area contributed by atoms with Gasteiger partial charge in [-0.05, 0) is 101 Å². The fourth-order valence-electron chi connectivity index (χ4n) is 7.77. The molecule has 1 heterocycles. The van der Waals surface area contributed by atoms with E-state index in [4.69, 9.17) is 0 Å². The van der Waals surface area contributed by atoms with Crippen LogP contribution in [0, 0.1) is 0 Å². The first-order chi connectivity index (χ1) is 24.3. The summed E-state index contributed by atoms with van der Waals surface area (Å²) >= 11 is 1.89. The zero-order valence-electron chi connectivity index (χ0n) is 26.7. The van der Waals surface area contributed by atoms with E-state index in [1.807, 2.05) is 11.3 Å². The van der Waals surface area contributed by atoms with Crippen molar-refractivity contribution in [1.82, 2.24) is 0 Å². The van der Waals surface area contributed by atoms with Gasteiger partial charge in [-0.2, -0.15) is 0 Å². The van der Waals surface area contributed by atoms with Gasteiger partial charge in [0.05, 0.1) is 0 Å². The molecule has 0 bridgehead atoms. The van der Waals surface area contributed by atoms with E-state index in [1.165, 1.54) is 97.0 Å². The number of hydrogen-bond donors (Lipinski definition) is 0. The van der Waals surface area contributed by atoms with Gasteiger partial charge in [0.2, 0.25) is 0 Å². The van der Waals surface area contributed by atoms with E-state index >= 15 is 0 Å². The smallest absolute Gasteiger partial charge is 0.0433 e. The lowest BCUT2D eigenvalue weighted by molar-refractivity contribution is 1.62. The lowest BCUT2D eigenvalue weighted by Gasteiger charge is -2.19. The van der Waals surface area contributed by atoms with Crippen LogP contribution in [0.5, 0.6) is 0 Å². The molecule has 1 aromatic heterocycles. The van der Waals surface area contributed by atoms with Gasteiger partial charge in [-0.15, -0.1) is 11.3 Å². The molecular formula is C48H30S. The number of hydrogen-bond acceptors (Lipinski definition) is 1. The second-order valence-corrected chi connectivity index (χ2v) is 13.9. The van der Waals surface area contributed by atoms with Crippen LogP contribution < -0.4 is 0 Å². The molecule has 49 heavy (non-hydrogen) atoms. The third-order valence-electron chi connectivity index (χ3n) is 10.0. The topological polar surface area (TPSA) is 0 Å². The first-order valence-electron chi connectivity index (χ1n) is 16.8. The predicted molar refractivity (Wildman–Crippen MR) is 214 cm³/mol. The van der Waals surface area contributed by atoms with Crippen molar-refractivity contribution in [3.63, 3.8) is 0 Å². The normalized spacial score (nSPS) is 11.7. The van der Waals surface area contributed by atoms with Crippen molar-refractivity contribution >= 4 is 63.8 Å². The predicted octanol–water partition coefficient (Wildman–Crippen LogP) is 14.2. The van der Waals surface area contributed by atoms with Crippen molar-refractivity contribution in [1.29, 1.82) is 0 Å². The van der Waals surface area contributed by atoms with Crippen LogP contribution in [-0.4, -0.2) is 0 Å². The van der Waals surface area contributed by atoms with E-state index in [9.17, 15) is 0 Å². The minimum atomic E-state index is 1.22. The Kier molecular flexibility index (Phi) is 6.47. The lowest BCUT2D eigenvalue weighted by atomic mass is 9.84. The minimum absolute atomic E-state index is 1.22. The molecule has 0 aliphatic carbocycles. The maximum absolute atomic E-state index is 2.42. The van der Waals surface area contributed by atoms with Crippen molar-refractivity contribution in [3.05, 3.63) is 182 Å². The van der Waals surface area contributed by atoms with Crippen LogP contribution in [0.2, 0.25) is 0 Å². The summed E-state index contributed by atoms with van der Waals surface area (Å²) in [6.45, 7) is 0. The van der Waals surface area contributed by atoms with Gasteiger partial charge in [0, 0.05) is 20.2 Å². The Morgan fingerprint density at radius 3 is 1.73 bits per heavy atom. The zero-order valence-corrected chi connectivity index (χ0v) is 27.5. The zero-order chi connectivity index (χ0) is 32.3. The summed E-state index contributed by atoms with van der Waals surface area (Å²) < 4.78 is 2.68. The van der Waals surface area contributed by atoms with Gasteiger partial charge in [-0.1, -0.05) is 158 Å². The first kappa shape index (κ1) is 28.0. The van der Waals surface area contributed by atoms with Crippen LogP contribution in [0.1, 0.15) is 0 Å². The highest BCUT2D eigenvalue weighted by molar-refractivity contribution is 7.26. The summed E-state index contributed by atoms with van der Waals surface area (Å²) in [6, 6.07) is 67.0. The number of fused-ring (bicyclic) bond motifs is 6. The number of benzene rings is 9. The molecule has 0 fully saturated rings. The monoisotopic (exact) mass is 638 g/mol. The number of rotatable bonds is 4. The van der Waals surface area contributed by atoms with Gasteiger partial charge in [0.25, 0.3) is 0 Å². The standard InChI is InChI=1S/C48H30S/c1-2-13-32(14-3-1)46-40-19-6-7-20-41(40)47(37-25-24-31-12-4-5-15-33(31)29-37)42-27-26-35(30-44(42)46)34-16-10-17-36(28-34)38-21-11-22-43-39-18-8-9-23-45(39)49-48(38)43/h1-30H. The van der Waals surface area contributed by atoms with E-state index in [-0.39, 0.29) is 0 Å². The van der Waals surface area contributed by atoms with Gasteiger partial charge in [0.1, 0.15) is 0 Å². The highest BCUT2D eigenvalue weighted by atomic mass is 32.1. The summed E-state index contributed by atoms with van der Waals surface area (Å²) in [5, 5.41) is 10.3. The van der Waals surface area contributed by atoms with Crippen molar-refractivity contribution in [3.8, 4) is 44.5 Å². The van der Waals surface area contributed by atoms with Crippen LogP contribution in [0.25, 0.3) is 97.0 Å². The summed E-state index contributed by atoms with van der Waals surface area (Å²) in [7, 11) is 0. The molecule has 0 saturated heterocycles. The van der Waals surface area contributed by atoms with Gasteiger partial charge in [-0.3, -0.25) is 0 Å². The molecule has 228 valence electrons. The van der Waals surface area contributed by atoms with Crippen LogP contribution >= 0.6 is 11.3 Å². The van der Waals surface area contributed by atoms with Crippen molar-refractivity contribution in [2.45, 2.75) is 0 Å². The lowest BCUT2D eigenvalue weighted by Crippen LogP contribution is -1.92. The first-order valence-corrected chi connectivity index (χ1v) is 17.7. The van der Waals surface area contributed by atoms with Crippen molar-refractivity contribution in [2.24, 2.45) is 0 Å². The molecule has 10 aromatic rings. The average molecular weight is 639 g/mol. The van der Waals surface area contributed by atoms with Crippen LogP contribution in [-0.2, 0) is 0 Å². The molecule has 0 unspecified atom stereocenters. The molecular weight excluding hydrogens is 609 g/mol. The molecule has 0 aliphatic rings. The van der Waals surface area contributed by atoms with E-state index in [0.29, 0.717) is 0 Å². The molecule has 0 spiro atoms. The molecule has 0 amide bonds. The Morgan fingerprint density at radius 1 is 0.286 bits per heavy atom. The van der Waals surface area contributed by atoms with E-state index in [1.54, 1.807) is 0 Å². The fraction of sp³-hybridized carbons (Fsp3) is 0. The fourth-order valence-corrected chi connectivity index (χ4v) is 9.01. The third-order valence-corrected chi connectivity index (χ3v) is 11.3. The maximum atomic E-state index is 2.42.